The van der Waals surface area contributed by atoms with Gasteiger partial charge in [0.1, 0.15) is 10.8 Å². The molecule has 90 valence electrons. The number of rotatable bonds is 2. The minimum absolute atomic E-state index is 0.254. The fraction of sp³-hybridized carbons (Fsp3) is 0.0714. The molecule has 1 heterocycles. The van der Waals surface area contributed by atoms with Gasteiger partial charge >= 0.3 is 0 Å². The molecule has 3 aromatic rings. The molecule has 4 heteroatoms. The number of para-hydroxylation sites is 1. The third-order valence-electron chi connectivity index (χ3n) is 2.81. The number of fused-ring (bicyclic) bond motifs is 1. The van der Waals surface area contributed by atoms with E-state index in [9.17, 15) is 4.39 Å². The molecule has 0 spiro atoms. The molecule has 0 aliphatic rings. The zero-order valence-corrected chi connectivity index (χ0v) is 10.3. The highest BCUT2D eigenvalue weighted by atomic mass is 32.1. The molecule has 3 rings (SSSR count). The Kier molecular flexibility index (Phi) is 2.81. The van der Waals surface area contributed by atoms with Crippen LogP contribution in [-0.2, 0) is 0 Å². The summed E-state index contributed by atoms with van der Waals surface area (Å²) in [5.41, 5.74) is 7.98. The van der Waals surface area contributed by atoms with E-state index in [-0.39, 0.29) is 11.9 Å². The summed E-state index contributed by atoms with van der Waals surface area (Å²) in [7, 11) is 0. The lowest BCUT2D eigenvalue weighted by Crippen LogP contribution is -2.11. The minimum atomic E-state index is -0.303. The van der Waals surface area contributed by atoms with Gasteiger partial charge < -0.3 is 5.73 Å². The average molecular weight is 258 g/mol. The summed E-state index contributed by atoms with van der Waals surface area (Å²) in [6, 6.07) is 13.9. The number of benzene rings is 2. The zero-order valence-electron chi connectivity index (χ0n) is 9.51. The Morgan fingerprint density at radius 3 is 2.50 bits per heavy atom. The summed E-state index contributed by atoms with van der Waals surface area (Å²) in [6.07, 6.45) is 0. The molecule has 1 atom stereocenters. The third-order valence-corrected chi connectivity index (χ3v) is 3.93. The first kappa shape index (κ1) is 11.3. The van der Waals surface area contributed by atoms with Gasteiger partial charge in [-0.25, -0.2) is 9.37 Å². The molecule has 0 amide bonds. The molecule has 0 saturated heterocycles. The number of nitrogens with zero attached hydrogens (tertiary/aromatic N) is 1. The molecule has 0 radical (unpaired) electrons. The molecule has 2 nitrogen and oxygen atoms in total. The lowest BCUT2D eigenvalue weighted by molar-refractivity contribution is 0.626. The highest BCUT2D eigenvalue weighted by Gasteiger charge is 2.13. The fourth-order valence-corrected chi connectivity index (χ4v) is 2.83. The van der Waals surface area contributed by atoms with Gasteiger partial charge in [0.25, 0.3) is 0 Å². The molecule has 1 aromatic heterocycles. The van der Waals surface area contributed by atoms with Crippen LogP contribution < -0.4 is 5.73 Å². The molecular formula is C14H11FN2S. The van der Waals surface area contributed by atoms with Crippen LogP contribution in [0, 0.1) is 5.82 Å². The van der Waals surface area contributed by atoms with E-state index in [1.165, 1.54) is 12.1 Å². The third kappa shape index (κ3) is 2.00. The van der Waals surface area contributed by atoms with Gasteiger partial charge in [-0.15, -0.1) is 11.3 Å². The maximum atomic E-state index is 12.9. The molecule has 18 heavy (non-hydrogen) atoms. The molecule has 2 N–H and O–H groups in total. The molecule has 0 saturated carbocycles. The number of nitrogens with two attached hydrogens (primary N) is 1. The van der Waals surface area contributed by atoms with Crippen molar-refractivity contribution in [1.29, 1.82) is 0 Å². The van der Waals surface area contributed by atoms with Gasteiger partial charge in [0.15, 0.2) is 0 Å². The first-order valence-electron chi connectivity index (χ1n) is 5.60. The van der Waals surface area contributed by atoms with Gasteiger partial charge in [0.2, 0.25) is 0 Å². The van der Waals surface area contributed by atoms with Crippen LogP contribution in [0.5, 0.6) is 0 Å². The number of thiazole rings is 1. The van der Waals surface area contributed by atoms with Gasteiger partial charge in [-0.1, -0.05) is 24.3 Å². The van der Waals surface area contributed by atoms with Gasteiger partial charge in [0, 0.05) is 0 Å². The van der Waals surface area contributed by atoms with Crippen LogP contribution in [0.2, 0.25) is 0 Å². The SMILES string of the molecule is NC(c1ccc(F)cc1)c1nc2ccccc2s1. The normalized spacial score (nSPS) is 12.8. The van der Waals surface area contributed by atoms with E-state index in [0.29, 0.717) is 0 Å². The Bertz CT molecular complexity index is 643. The van der Waals surface area contributed by atoms with E-state index < -0.39 is 0 Å². The summed E-state index contributed by atoms with van der Waals surface area (Å²) in [5.74, 6) is -0.254. The van der Waals surface area contributed by atoms with Crippen LogP contribution in [-0.4, -0.2) is 4.98 Å². The molecular weight excluding hydrogens is 247 g/mol. The van der Waals surface area contributed by atoms with Crippen molar-refractivity contribution in [2.24, 2.45) is 5.73 Å². The van der Waals surface area contributed by atoms with Gasteiger partial charge in [-0.3, -0.25) is 0 Å². The Labute approximate surface area is 108 Å². The van der Waals surface area contributed by atoms with Crippen molar-refractivity contribution < 1.29 is 4.39 Å². The number of hydrogen-bond acceptors (Lipinski definition) is 3. The second kappa shape index (κ2) is 4.48. The molecule has 0 aliphatic carbocycles. The molecule has 0 aliphatic heterocycles. The van der Waals surface area contributed by atoms with Crippen LogP contribution >= 0.6 is 11.3 Å². The average Bonchev–Trinajstić information content (AvgIpc) is 2.82. The van der Waals surface area contributed by atoms with E-state index in [0.717, 1.165) is 20.8 Å². The minimum Gasteiger partial charge on any atom is -0.318 e. The fourth-order valence-electron chi connectivity index (χ4n) is 1.84. The van der Waals surface area contributed by atoms with E-state index in [2.05, 4.69) is 4.98 Å². The van der Waals surface area contributed by atoms with E-state index in [1.807, 2.05) is 24.3 Å². The number of hydrogen-bond donors (Lipinski definition) is 1. The van der Waals surface area contributed by atoms with Crippen molar-refractivity contribution in [3.05, 3.63) is 64.9 Å². The number of aromatic nitrogens is 1. The first-order chi connectivity index (χ1) is 8.74. The molecule has 1 unspecified atom stereocenters. The lowest BCUT2D eigenvalue weighted by Gasteiger charge is -2.08. The highest BCUT2D eigenvalue weighted by Crippen LogP contribution is 2.28. The molecule has 0 bridgehead atoms. The van der Waals surface area contributed by atoms with Crippen molar-refractivity contribution in [2.45, 2.75) is 6.04 Å². The van der Waals surface area contributed by atoms with Gasteiger partial charge in [0.05, 0.1) is 16.3 Å². The Morgan fingerprint density at radius 1 is 1.06 bits per heavy atom. The van der Waals surface area contributed by atoms with Crippen LogP contribution in [0.4, 0.5) is 4.39 Å². The summed E-state index contributed by atoms with van der Waals surface area (Å²) >= 11 is 1.57. The monoisotopic (exact) mass is 258 g/mol. The van der Waals surface area contributed by atoms with Crippen LogP contribution in [0.1, 0.15) is 16.6 Å². The maximum absolute atomic E-state index is 12.9. The summed E-state index contributed by atoms with van der Waals surface area (Å²) in [5, 5.41) is 0.850. The molecule has 0 fully saturated rings. The standard InChI is InChI=1S/C14H11FN2S/c15-10-7-5-9(6-8-10)13(16)14-17-11-3-1-2-4-12(11)18-14/h1-8,13H,16H2. The Hall–Kier alpha value is -1.78. The van der Waals surface area contributed by atoms with Gasteiger partial charge in [-0.2, -0.15) is 0 Å². The van der Waals surface area contributed by atoms with E-state index in [4.69, 9.17) is 5.73 Å². The summed E-state index contributed by atoms with van der Waals surface area (Å²) in [4.78, 5) is 4.51. The van der Waals surface area contributed by atoms with Crippen molar-refractivity contribution >= 4 is 21.6 Å². The van der Waals surface area contributed by atoms with Crippen LogP contribution in [0.15, 0.2) is 48.5 Å². The van der Waals surface area contributed by atoms with Crippen LogP contribution in [0.25, 0.3) is 10.2 Å². The summed E-state index contributed by atoms with van der Waals surface area (Å²) in [6.45, 7) is 0. The predicted octanol–water partition coefficient (Wildman–Crippen LogP) is 3.48. The zero-order chi connectivity index (χ0) is 12.5. The summed E-state index contributed by atoms with van der Waals surface area (Å²) < 4.78 is 14.0. The predicted molar refractivity (Wildman–Crippen MR) is 72.1 cm³/mol. The van der Waals surface area contributed by atoms with Crippen molar-refractivity contribution in [3.8, 4) is 0 Å². The van der Waals surface area contributed by atoms with Crippen molar-refractivity contribution in [3.63, 3.8) is 0 Å². The number of halogens is 1. The van der Waals surface area contributed by atoms with Gasteiger partial charge in [-0.05, 0) is 29.8 Å². The van der Waals surface area contributed by atoms with Crippen molar-refractivity contribution in [2.75, 3.05) is 0 Å². The Morgan fingerprint density at radius 2 is 1.78 bits per heavy atom. The second-order valence-electron chi connectivity index (χ2n) is 4.05. The maximum Gasteiger partial charge on any atom is 0.123 e. The van der Waals surface area contributed by atoms with Crippen molar-refractivity contribution in [1.82, 2.24) is 4.98 Å². The second-order valence-corrected chi connectivity index (χ2v) is 5.11. The Balaban J connectivity index is 2.00. The highest BCUT2D eigenvalue weighted by molar-refractivity contribution is 7.18. The molecule has 2 aromatic carbocycles. The quantitative estimate of drug-likeness (QED) is 0.764. The lowest BCUT2D eigenvalue weighted by atomic mass is 10.1. The smallest absolute Gasteiger partial charge is 0.123 e. The topological polar surface area (TPSA) is 38.9 Å². The largest absolute Gasteiger partial charge is 0.318 e. The first-order valence-corrected chi connectivity index (χ1v) is 6.42. The van der Waals surface area contributed by atoms with Crippen LogP contribution in [0.3, 0.4) is 0 Å². The van der Waals surface area contributed by atoms with E-state index in [1.54, 1.807) is 23.5 Å². The van der Waals surface area contributed by atoms with E-state index >= 15 is 0 Å².